The maximum Gasteiger partial charge on any atom is 0.107 e. The second-order valence-electron chi connectivity index (χ2n) is 12.6. The number of allylic oxidation sites excluding steroid dienone is 3. The van der Waals surface area contributed by atoms with Crippen LogP contribution in [-0.4, -0.2) is 22.9 Å². The standard InChI is InChI=1S/C28H44O2/c1-17(2)18(3)7-8-19(4)22-9-10-23-21-15-25-28(30-25)16-20(29)11-14-27(28,6)24(21)12-13-26(22,23)5/h7-8,15,17-20,22-25,29H,9-14,16H2,1-6H3/b8-7+/t18-,19+,20-,22+,23+,24-,25-,26+,27+,28-/m0/s1. The predicted molar refractivity (Wildman–Crippen MR) is 123 cm³/mol. The molecule has 0 amide bonds. The Morgan fingerprint density at radius 2 is 1.77 bits per heavy atom. The summed E-state index contributed by atoms with van der Waals surface area (Å²) in [4.78, 5) is 0. The van der Waals surface area contributed by atoms with Crippen LogP contribution in [0, 0.1) is 46.3 Å². The average molecular weight is 413 g/mol. The van der Waals surface area contributed by atoms with E-state index in [4.69, 9.17) is 4.74 Å². The van der Waals surface area contributed by atoms with E-state index in [1.54, 1.807) is 5.57 Å². The Morgan fingerprint density at radius 3 is 2.50 bits per heavy atom. The van der Waals surface area contributed by atoms with Gasteiger partial charge in [0, 0.05) is 11.8 Å². The normalized spacial score (nSPS) is 51.6. The van der Waals surface area contributed by atoms with E-state index < -0.39 is 0 Å². The third-order valence-corrected chi connectivity index (χ3v) is 10.9. The molecule has 168 valence electrons. The van der Waals surface area contributed by atoms with Crippen LogP contribution in [0.15, 0.2) is 23.8 Å². The van der Waals surface area contributed by atoms with Crippen LogP contribution in [0.2, 0.25) is 0 Å². The first-order valence-corrected chi connectivity index (χ1v) is 12.9. The minimum Gasteiger partial charge on any atom is -0.393 e. The van der Waals surface area contributed by atoms with Crippen molar-refractivity contribution in [2.24, 2.45) is 46.3 Å². The molecule has 30 heavy (non-hydrogen) atoms. The Morgan fingerprint density at radius 1 is 1.00 bits per heavy atom. The summed E-state index contributed by atoms with van der Waals surface area (Å²) < 4.78 is 6.43. The number of hydrogen-bond donors (Lipinski definition) is 1. The molecule has 0 bridgehead atoms. The lowest BCUT2D eigenvalue weighted by Crippen LogP contribution is -2.55. The molecule has 1 aliphatic heterocycles. The molecule has 0 aromatic heterocycles. The van der Waals surface area contributed by atoms with E-state index in [0.29, 0.717) is 23.2 Å². The van der Waals surface area contributed by atoms with Crippen LogP contribution >= 0.6 is 0 Å². The number of epoxide rings is 1. The number of aliphatic hydroxyl groups excluding tert-OH is 1. The minimum absolute atomic E-state index is 0.0480. The van der Waals surface area contributed by atoms with Gasteiger partial charge in [-0.15, -0.1) is 0 Å². The summed E-state index contributed by atoms with van der Waals surface area (Å²) in [6.07, 6.45) is 16.0. The maximum absolute atomic E-state index is 10.4. The van der Waals surface area contributed by atoms with Crippen molar-refractivity contribution >= 4 is 0 Å². The van der Waals surface area contributed by atoms with Crippen LogP contribution in [0.25, 0.3) is 0 Å². The van der Waals surface area contributed by atoms with Gasteiger partial charge < -0.3 is 9.84 Å². The van der Waals surface area contributed by atoms with Gasteiger partial charge in [-0.2, -0.15) is 0 Å². The zero-order valence-electron chi connectivity index (χ0n) is 20.2. The van der Waals surface area contributed by atoms with Gasteiger partial charge in [0.05, 0.1) is 6.10 Å². The highest BCUT2D eigenvalue weighted by atomic mass is 16.6. The van der Waals surface area contributed by atoms with Crippen LogP contribution in [-0.2, 0) is 4.74 Å². The van der Waals surface area contributed by atoms with Gasteiger partial charge in [-0.25, -0.2) is 0 Å². The summed E-state index contributed by atoms with van der Waals surface area (Å²) in [5.41, 5.74) is 2.38. The fourth-order valence-corrected chi connectivity index (χ4v) is 8.52. The van der Waals surface area contributed by atoms with Gasteiger partial charge in [-0.1, -0.05) is 65.3 Å². The molecule has 10 atom stereocenters. The highest BCUT2D eigenvalue weighted by Gasteiger charge is 2.73. The Bertz CT molecular complexity index is 752. The lowest BCUT2D eigenvalue weighted by molar-refractivity contribution is -0.0527. The van der Waals surface area contributed by atoms with E-state index in [1.165, 1.54) is 25.7 Å². The number of aliphatic hydroxyl groups is 1. The summed E-state index contributed by atoms with van der Waals surface area (Å²) in [7, 11) is 0. The van der Waals surface area contributed by atoms with Crippen molar-refractivity contribution in [1.29, 1.82) is 0 Å². The molecule has 2 heteroatoms. The smallest absolute Gasteiger partial charge is 0.107 e. The predicted octanol–water partition coefficient (Wildman–Crippen LogP) is 6.54. The molecule has 3 saturated carbocycles. The van der Waals surface area contributed by atoms with Gasteiger partial charge in [0.1, 0.15) is 11.7 Å². The highest BCUT2D eigenvalue weighted by molar-refractivity contribution is 5.38. The van der Waals surface area contributed by atoms with E-state index in [9.17, 15) is 5.11 Å². The second-order valence-corrected chi connectivity index (χ2v) is 12.6. The zero-order chi connectivity index (χ0) is 21.5. The third kappa shape index (κ3) is 2.81. The topological polar surface area (TPSA) is 32.8 Å². The molecule has 4 aliphatic carbocycles. The molecular formula is C28H44O2. The van der Waals surface area contributed by atoms with Gasteiger partial charge in [0.15, 0.2) is 0 Å². The quantitative estimate of drug-likeness (QED) is 0.420. The maximum atomic E-state index is 10.4. The van der Waals surface area contributed by atoms with Crippen LogP contribution in [0.4, 0.5) is 0 Å². The Kier molecular flexibility index (Phi) is 4.92. The van der Waals surface area contributed by atoms with Crippen molar-refractivity contribution in [3.05, 3.63) is 23.8 Å². The highest BCUT2D eigenvalue weighted by Crippen LogP contribution is 2.72. The van der Waals surface area contributed by atoms with Crippen molar-refractivity contribution in [3.8, 4) is 0 Å². The Balaban J connectivity index is 1.40. The first kappa shape index (κ1) is 21.3. The van der Waals surface area contributed by atoms with Crippen LogP contribution in [0.3, 0.4) is 0 Å². The monoisotopic (exact) mass is 412 g/mol. The molecule has 0 radical (unpaired) electrons. The molecule has 2 nitrogen and oxygen atoms in total. The van der Waals surface area contributed by atoms with Crippen molar-refractivity contribution in [1.82, 2.24) is 0 Å². The van der Waals surface area contributed by atoms with Crippen molar-refractivity contribution in [3.63, 3.8) is 0 Å². The zero-order valence-corrected chi connectivity index (χ0v) is 20.2. The summed E-state index contributed by atoms with van der Waals surface area (Å²) in [6.45, 7) is 14.6. The van der Waals surface area contributed by atoms with Crippen molar-refractivity contribution < 1.29 is 9.84 Å². The Hall–Kier alpha value is -0.600. The molecule has 5 aliphatic rings. The average Bonchev–Trinajstić information content (AvgIpc) is 3.27. The minimum atomic E-state index is -0.163. The summed E-state index contributed by atoms with van der Waals surface area (Å²) in [5.74, 6) is 4.26. The first-order valence-electron chi connectivity index (χ1n) is 12.9. The molecule has 1 N–H and O–H groups in total. The number of fused-ring (bicyclic) bond motifs is 4. The van der Waals surface area contributed by atoms with Crippen LogP contribution in [0.5, 0.6) is 0 Å². The van der Waals surface area contributed by atoms with E-state index >= 15 is 0 Å². The summed E-state index contributed by atoms with van der Waals surface area (Å²) >= 11 is 0. The second kappa shape index (κ2) is 6.95. The largest absolute Gasteiger partial charge is 0.393 e. The fourth-order valence-electron chi connectivity index (χ4n) is 8.52. The lowest BCUT2D eigenvalue weighted by Gasteiger charge is -2.56. The molecule has 0 unspecified atom stereocenters. The SMILES string of the molecule is CC(C)[C@@H](C)/C=C/[C@@H](C)[C@H]1CC[C@@H]2C3=C[C@@H]4O[C@@]45C[C@@H](O)CC[C@]5(C)[C@H]3CC[C@@]21C. The molecule has 5 rings (SSSR count). The molecule has 0 aromatic rings. The molecule has 1 saturated heterocycles. The van der Waals surface area contributed by atoms with Crippen molar-refractivity contribution in [2.75, 3.05) is 0 Å². The fraction of sp³-hybridized carbons (Fsp3) is 0.857. The van der Waals surface area contributed by atoms with E-state index in [0.717, 1.165) is 37.0 Å². The third-order valence-electron chi connectivity index (χ3n) is 10.9. The van der Waals surface area contributed by atoms with Gasteiger partial charge in [0.2, 0.25) is 0 Å². The van der Waals surface area contributed by atoms with Gasteiger partial charge in [-0.05, 0) is 79.4 Å². The van der Waals surface area contributed by atoms with Crippen molar-refractivity contribution in [2.45, 2.75) is 104 Å². The van der Waals surface area contributed by atoms with Gasteiger partial charge in [0.25, 0.3) is 0 Å². The molecule has 4 fully saturated rings. The number of ether oxygens (including phenoxy) is 1. The first-order chi connectivity index (χ1) is 14.1. The number of rotatable bonds is 4. The van der Waals surface area contributed by atoms with Gasteiger partial charge >= 0.3 is 0 Å². The summed E-state index contributed by atoms with van der Waals surface area (Å²) in [6, 6.07) is 0. The van der Waals surface area contributed by atoms with E-state index in [1.807, 2.05) is 0 Å². The Labute approximate surface area is 184 Å². The molecule has 1 spiro atoms. The number of hydrogen-bond acceptors (Lipinski definition) is 2. The lowest BCUT2D eigenvalue weighted by atomic mass is 9.47. The van der Waals surface area contributed by atoms with Crippen LogP contribution < -0.4 is 0 Å². The molecule has 1 heterocycles. The molecule has 0 aromatic carbocycles. The van der Waals surface area contributed by atoms with E-state index in [-0.39, 0.29) is 23.2 Å². The van der Waals surface area contributed by atoms with Gasteiger partial charge in [-0.3, -0.25) is 0 Å². The summed E-state index contributed by atoms with van der Waals surface area (Å²) in [5, 5.41) is 10.4. The van der Waals surface area contributed by atoms with E-state index in [2.05, 4.69) is 59.8 Å². The molecular weight excluding hydrogens is 368 g/mol. The van der Waals surface area contributed by atoms with Crippen LogP contribution in [0.1, 0.15) is 86.5 Å².